The third kappa shape index (κ3) is 8.77. The molecular weight excluding hydrogens is 893 g/mol. The van der Waals surface area contributed by atoms with Gasteiger partial charge in [0.15, 0.2) is 0 Å². The molecule has 0 bridgehead atoms. The summed E-state index contributed by atoms with van der Waals surface area (Å²) in [5, 5.41) is 3.13. The fourth-order valence-corrected chi connectivity index (χ4v) is 8.73. The summed E-state index contributed by atoms with van der Waals surface area (Å²) in [6, 6.07) is 39.4. The Morgan fingerprint density at radius 2 is 1.51 bits per heavy atom. The Balaban J connectivity index is 0.000000213. The number of aromatic nitrogens is 4. The molecule has 0 saturated heterocycles. The third-order valence-corrected chi connectivity index (χ3v) is 12.0. The number of hydrogen-bond acceptors (Lipinski definition) is 4. The van der Waals surface area contributed by atoms with E-state index in [0.717, 1.165) is 66.5 Å². The van der Waals surface area contributed by atoms with Crippen LogP contribution in [0.1, 0.15) is 85.4 Å². The van der Waals surface area contributed by atoms with E-state index >= 15 is 0 Å². The molecule has 57 heavy (non-hydrogen) atoms. The van der Waals surface area contributed by atoms with Crippen LogP contribution >= 0.6 is 0 Å². The molecule has 4 heterocycles. The van der Waals surface area contributed by atoms with Crippen molar-refractivity contribution in [2.75, 3.05) is 0 Å². The van der Waals surface area contributed by atoms with Crippen molar-refractivity contribution < 1.29 is 27.3 Å². The van der Waals surface area contributed by atoms with Gasteiger partial charge in [-0.15, -0.1) is 54.1 Å². The standard InChI is InChI=1S/C31H28N3O.C19H26NSi.Ir/c1-18(2)21-10-8-11-22(19(3)4)28(21)34-27-15-7-6-14-26(27)33-30(34)25-13-9-12-23-24-17-16-20(5)32-31(24)35-29(23)25;1-19(2,3)13-16-12-17(15-10-8-7-9-11-15)20-14-18(16)21(4,5)6;/h6-12,14-19H,1-5H3;7-10,12,14H,13H2,1-6H3;/q2*-1;/i;13D2;. The molecule has 295 valence electrons. The number of fused-ring (bicyclic) bond motifs is 4. The molecule has 0 aliphatic heterocycles. The van der Waals surface area contributed by atoms with Crippen molar-refractivity contribution >= 4 is 46.4 Å². The summed E-state index contributed by atoms with van der Waals surface area (Å²) in [5.74, 6) is 1.55. The maximum absolute atomic E-state index is 8.75. The first-order valence-electron chi connectivity index (χ1n) is 20.7. The molecule has 0 saturated carbocycles. The second-order valence-electron chi connectivity index (χ2n) is 17.4. The van der Waals surface area contributed by atoms with Crippen LogP contribution in [0.25, 0.3) is 61.4 Å². The molecule has 4 aromatic heterocycles. The van der Waals surface area contributed by atoms with Gasteiger partial charge >= 0.3 is 0 Å². The number of imidazole rings is 1. The van der Waals surface area contributed by atoms with E-state index in [1.165, 1.54) is 16.8 Å². The third-order valence-electron chi connectivity index (χ3n) is 9.99. The Kier molecular flexibility index (Phi) is 11.4. The van der Waals surface area contributed by atoms with Crippen molar-refractivity contribution in [3.63, 3.8) is 0 Å². The molecule has 0 unspecified atom stereocenters. The quantitative estimate of drug-likeness (QED) is 0.118. The molecule has 0 spiro atoms. The zero-order valence-electron chi connectivity index (χ0n) is 37.0. The predicted octanol–water partition coefficient (Wildman–Crippen LogP) is 13.0. The zero-order chi connectivity index (χ0) is 41.7. The minimum Gasteiger partial charge on any atom is -0.486 e. The van der Waals surface area contributed by atoms with Crippen LogP contribution in [0.15, 0.2) is 108 Å². The van der Waals surface area contributed by atoms with E-state index in [1.807, 2.05) is 82.4 Å². The maximum atomic E-state index is 8.75. The van der Waals surface area contributed by atoms with E-state index in [0.29, 0.717) is 17.5 Å². The molecule has 7 heteroatoms. The van der Waals surface area contributed by atoms with Gasteiger partial charge in [0.05, 0.1) is 30.5 Å². The number of rotatable bonds is 7. The summed E-state index contributed by atoms with van der Waals surface area (Å²) >= 11 is 0. The SMILES string of the molecule is Cc1ccc2c(n1)oc1c(-c3nc4ccccc4n3-c3c(C(C)C)cccc3C(C)C)[c-]ccc12.[2H]C([2H])(c1cc(-c2[c-]cccc2)ncc1[Si](C)(C)C)C(C)(C)C.[Ir]. The second-order valence-corrected chi connectivity index (χ2v) is 22.4. The molecule has 8 rings (SSSR count). The molecule has 0 atom stereocenters. The molecule has 5 nitrogen and oxygen atoms in total. The van der Waals surface area contributed by atoms with Crippen LogP contribution in [0, 0.1) is 24.5 Å². The Morgan fingerprint density at radius 1 is 0.807 bits per heavy atom. The van der Waals surface area contributed by atoms with Crippen LogP contribution in [0.3, 0.4) is 0 Å². The van der Waals surface area contributed by atoms with Gasteiger partial charge in [-0.3, -0.25) is 4.98 Å². The van der Waals surface area contributed by atoms with Crippen molar-refractivity contribution in [2.24, 2.45) is 5.41 Å². The van der Waals surface area contributed by atoms with Crippen LogP contribution in [-0.4, -0.2) is 27.6 Å². The van der Waals surface area contributed by atoms with Crippen molar-refractivity contribution in [3.05, 3.63) is 138 Å². The van der Waals surface area contributed by atoms with E-state index in [2.05, 4.69) is 123 Å². The normalized spacial score (nSPS) is 12.8. The van der Waals surface area contributed by atoms with E-state index in [9.17, 15) is 0 Å². The monoisotopic (exact) mass is 949 g/mol. The van der Waals surface area contributed by atoms with E-state index < -0.39 is 19.9 Å². The number of pyridine rings is 2. The van der Waals surface area contributed by atoms with Gasteiger partial charge in [-0.1, -0.05) is 121 Å². The largest absolute Gasteiger partial charge is 0.486 e. The average Bonchev–Trinajstić information content (AvgIpc) is 3.75. The van der Waals surface area contributed by atoms with Crippen LogP contribution < -0.4 is 5.19 Å². The molecule has 4 aromatic carbocycles. The average molecular weight is 949 g/mol. The van der Waals surface area contributed by atoms with Crippen molar-refractivity contribution in [1.82, 2.24) is 19.5 Å². The summed E-state index contributed by atoms with van der Waals surface area (Å²) in [6.07, 6.45) is 0.469. The smallest absolute Gasteiger partial charge is 0.216 e. The second kappa shape index (κ2) is 16.7. The van der Waals surface area contributed by atoms with Crippen molar-refractivity contribution in [3.8, 4) is 28.3 Å². The number of nitrogens with zero attached hydrogens (tertiary/aromatic N) is 4. The Labute approximate surface area is 356 Å². The van der Waals surface area contributed by atoms with Crippen LogP contribution in [0.4, 0.5) is 0 Å². The first-order valence-corrected chi connectivity index (χ1v) is 23.2. The zero-order valence-corrected chi connectivity index (χ0v) is 38.4. The topological polar surface area (TPSA) is 56.7 Å². The van der Waals surface area contributed by atoms with Gasteiger partial charge in [-0.2, -0.15) is 0 Å². The summed E-state index contributed by atoms with van der Waals surface area (Å²) in [7, 11) is -1.70. The molecule has 0 amide bonds. The minimum absolute atomic E-state index is 0. The summed E-state index contributed by atoms with van der Waals surface area (Å²) < 4.78 is 26.2. The Bertz CT molecular complexity index is 2730. The molecule has 0 N–H and O–H groups in total. The van der Waals surface area contributed by atoms with E-state index in [-0.39, 0.29) is 20.1 Å². The van der Waals surface area contributed by atoms with Crippen molar-refractivity contribution in [2.45, 2.75) is 93.2 Å². The summed E-state index contributed by atoms with van der Waals surface area (Å²) in [4.78, 5) is 14.4. The number of hydrogen-bond donors (Lipinski definition) is 0. The van der Waals surface area contributed by atoms with E-state index in [1.54, 1.807) is 0 Å². The number of para-hydroxylation sites is 3. The molecule has 0 aliphatic carbocycles. The molecule has 0 aliphatic rings. The predicted molar refractivity (Wildman–Crippen MR) is 238 cm³/mol. The number of furan rings is 1. The minimum atomic E-state index is -1.70. The van der Waals surface area contributed by atoms with Gasteiger partial charge in [0, 0.05) is 45.8 Å². The van der Waals surface area contributed by atoms with Gasteiger partial charge in [-0.05, 0) is 76.8 Å². The first kappa shape index (κ1) is 39.2. The summed E-state index contributed by atoms with van der Waals surface area (Å²) in [6.45, 7) is 23.6. The van der Waals surface area contributed by atoms with Crippen molar-refractivity contribution in [1.29, 1.82) is 0 Å². The molecule has 8 aromatic rings. The Hall–Kier alpha value is -4.68. The first-order chi connectivity index (χ1) is 27.4. The Morgan fingerprint density at radius 3 is 2.16 bits per heavy atom. The summed E-state index contributed by atoms with van der Waals surface area (Å²) in [5.41, 5.74) is 11.0. The number of benzene rings is 4. The van der Waals surface area contributed by atoms with Crippen LogP contribution in [0.5, 0.6) is 0 Å². The van der Waals surface area contributed by atoms with Gasteiger partial charge in [-0.25, -0.2) is 4.98 Å². The van der Waals surface area contributed by atoms with Gasteiger partial charge in [0.2, 0.25) is 5.71 Å². The fraction of sp³-hybridized carbons (Fsp3) is 0.300. The molecular formula is C50H54IrN4OSi-2. The maximum Gasteiger partial charge on any atom is 0.216 e. The van der Waals surface area contributed by atoms with Gasteiger partial charge in [0.25, 0.3) is 0 Å². The van der Waals surface area contributed by atoms with Gasteiger partial charge < -0.3 is 14.0 Å². The van der Waals surface area contributed by atoms with E-state index in [4.69, 9.17) is 12.1 Å². The fourth-order valence-electron chi connectivity index (χ4n) is 7.33. The molecule has 1 radical (unpaired) electrons. The van der Waals surface area contributed by atoms with Crippen LogP contribution in [0.2, 0.25) is 19.6 Å². The number of aryl methyl sites for hydroxylation is 1. The van der Waals surface area contributed by atoms with Gasteiger partial charge in [0.1, 0.15) is 0 Å². The van der Waals surface area contributed by atoms with Crippen LogP contribution in [-0.2, 0) is 26.5 Å². The molecule has 0 fully saturated rings.